The van der Waals surface area contributed by atoms with E-state index in [1.165, 1.54) is 11.3 Å². The summed E-state index contributed by atoms with van der Waals surface area (Å²) in [6.07, 6.45) is 0.817. The average molecular weight is 548 g/mol. The molecule has 1 aliphatic heterocycles. The molecule has 0 saturated heterocycles. The molecule has 2 N–H and O–H groups in total. The molecule has 192 valence electrons. The van der Waals surface area contributed by atoms with Crippen LogP contribution < -0.4 is 19.9 Å². The molecule has 0 saturated carbocycles. The second kappa shape index (κ2) is 9.38. The van der Waals surface area contributed by atoms with E-state index in [0.29, 0.717) is 39.9 Å². The number of fused-ring (bicyclic) bond motifs is 4. The third kappa shape index (κ3) is 4.46. The van der Waals surface area contributed by atoms with Gasteiger partial charge in [0.2, 0.25) is 0 Å². The summed E-state index contributed by atoms with van der Waals surface area (Å²) < 4.78 is 18.4. The van der Waals surface area contributed by atoms with Gasteiger partial charge < -0.3 is 19.9 Å². The normalized spacial score (nSPS) is 14.7. The smallest absolute Gasteiger partial charge is 0.410 e. The number of pyridine rings is 1. The zero-order chi connectivity index (χ0) is 26.6. The van der Waals surface area contributed by atoms with E-state index in [-0.39, 0.29) is 12.7 Å². The van der Waals surface area contributed by atoms with E-state index in [1.54, 1.807) is 24.4 Å². The first-order valence-electron chi connectivity index (χ1n) is 11.9. The molecule has 3 aromatic heterocycles. The molecule has 38 heavy (non-hydrogen) atoms. The standard InChI is InChI=1S/C27H22ClN5O4S/c1-12-6-16(22-19(7-12)32-14(3)10-30-22)26-33-23-17(28)9-21-24(25(23)38-26)35-11-15(36-21)8-18-20(37-27(29)34)5-4-13(2)31-18/h4-7,9-10,15H,8,11H2,1-3H3,(H2,29,34)/t15-/m1/s1. The van der Waals surface area contributed by atoms with Crippen LogP contribution in [0.5, 0.6) is 17.2 Å². The van der Waals surface area contributed by atoms with Gasteiger partial charge in [0.05, 0.1) is 27.4 Å². The fraction of sp³-hybridized carbons (Fsp3) is 0.222. The number of nitrogens with two attached hydrogens (primary N) is 1. The molecule has 0 radical (unpaired) electrons. The van der Waals surface area contributed by atoms with Crippen LogP contribution in [0, 0.1) is 20.8 Å². The van der Waals surface area contributed by atoms with Gasteiger partial charge in [-0.05, 0) is 50.6 Å². The molecule has 0 unspecified atom stereocenters. The Morgan fingerprint density at radius 2 is 1.97 bits per heavy atom. The Kier molecular flexibility index (Phi) is 6.00. The summed E-state index contributed by atoms with van der Waals surface area (Å²) in [6.45, 7) is 6.06. The van der Waals surface area contributed by atoms with Crippen molar-refractivity contribution in [2.24, 2.45) is 5.73 Å². The number of benzene rings is 2. The fourth-order valence-electron chi connectivity index (χ4n) is 4.51. The quantitative estimate of drug-likeness (QED) is 0.303. The lowest BCUT2D eigenvalue weighted by Gasteiger charge is -2.27. The Morgan fingerprint density at radius 1 is 1.13 bits per heavy atom. The van der Waals surface area contributed by atoms with E-state index in [0.717, 1.165) is 43.3 Å². The predicted molar refractivity (Wildman–Crippen MR) is 145 cm³/mol. The highest BCUT2D eigenvalue weighted by molar-refractivity contribution is 7.22. The molecule has 1 amide bonds. The highest BCUT2D eigenvalue weighted by Crippen LogP contribution is 2.47. The van der Waals surface area contributed by atoms with Crippen molar-refractivity contribution >= 4 is 50.3 Å². The number of amides is 1. The summed E-state index contributed by atoms with van der Waals surface area (Å²) in [7, 11) is 0. The first kappa shape index (κ1) is 24.3. The van der Waals surface area contributed by atoms with Crippen molar-refractivity contribution < 1.29 is 19.0 Å². The number of ether oxygens (including phenoxy) is 3. The molecule has 1 atom stereocenters. The number of nitrogens with zero attached hydrogens (tertiary/aromatic N) is 4. The number of carbonyl (C=O) groups excluding carboxylic acids is 1. The number of halogens is 1. The van der Waals surface area contributed by atoms with Gasteiger partial charge >= 0.3 is 6.09 Å². The van der Waals surface area contributed by atoms with E-state index in [4.69, 9.17) is 36.5 Å². The van der Waals surface area contributed by atoms with Crippen molar-refractivity contribution in [1.29, 1.82) is 0 Å². The van der Waals surface area contributed by atoms with Crippen LogP contribution in [0.25, 0.3) is 31.8 Å². The van der Waals surface area contributed by atoms with Crippen LogP contribution in [0.15, 0.2) is 36.5 Å². The molecule has 5 aromatic rings. The average Bonchev–Trinajstić information content (AvgIpc) is 3.31. The summed E-state index contributed by atoms with van der Waals surface area (Å²) in [4.78, 5) is 29.9. The van der Waals surface area contributed by atoms with Crippen molar-refractivity contribution in [3.05, 3.63) is 64.2 Å². The van der Waals surface area contributed by atoms with Gasteiger partial charge in [0.1, 0.15) is 27.9 Å². The van der Waals surface area contributed by atoms with E-state index in [2.05, 4.69) is 21.0 Å². The van der Waals surface area contributed by atoms with Crippen molar-refractivity contribution in [3.63, 3.8) is 0 Å². The minimum atomic E-state index is -0.902. The Morgan fingerprint density at radius 3 is 2.79 bits per heavy atom. The summed E-state index contributed by atoms with van der Waals surface area (Å²) in [5.74, 6) is 1.40. The monoisotopic (exact) mass is 547 g/mol. The largest absolute Gasteiger partial charge is 0.484 e. The van der Waals surface area contributed by atoms with E-state index in [9.17, 15) is 4.79 Å². The SMILES string of the molecule is Cc1cc(-c2nc3c(Cl)cc4c(c3s2)OC[C@@H](Cc2nc(C)ccc2OC(N)=O)O4)c2ncc(C)nc2c1. The van der Waals surface area contributed by atoms with Gasteiger partial charge in [-0.25, -0.2) is 14.8 Å². The first-order valence-corrected chi connectivity index (χ1v) is 13.1. The van der Waals surface area contributed by atoms with Gasteiger partial charge in [0.25, 0.3) is 0 Å². The summed E-state index contributed by atoms with van der Waals surface area (Å²) in [5, 5.41) is 1.22. The molecule has 0 fully saturated rings. The van der Waals surface area contributed by atoms with Crippen molar-refractivity contribution in [1.82, 2.24) is 19.9 Å². The predicted octanol–water partition coefficient (Wildman–Crippen LogP) is 5.72. The van der Waals surface area contributed by atoms with Crippen LogP contribution in [0.3, 0.4) is 0 Å². The molecule has 0 aliphatic carbocycles. The van der Waals surface area contributed by atoms with Crippen molar-refractivity contribution in [3.8, 4) is 27.8 Å². The molecule has 6 rings (SSSR count). The number of hydrogen-bond acceptors (Lipinski definition) is 9. The highest BCUT2D eigenvalue weighted by atomic mass is 35.5. The van der Waals surface area contributed by atoms with Crippen LogP contribution >= 0.6 is 22.9 Å². The lowest BCUT2D eigenvalue weighted by atomic mass is 10.1. The van der Waals surface area contributed by atoms with Gasteiger partial charge in [-0.2, -0.15) is 0 Å². The lowest BCUT2D eigenvalue weighted by molar-refractivity contribution is 0.0919. The van der Waals surface area contributed by atoms with Crippen molar-refractivity contribution in [2.75, 3.05) is 6.61 Å². The van der Waals surface area contributed by atoms with Gasteiger partial charge in [0, 0.05) is 29.9 Å². The van der Waals surface area contributed by atoms with E-state index >= 15 is 0 Å². The van der Waals surface area contributed by atoms with E-state index < -0.39 is 6.09 Å². The van der Waals surface area contributed by atoms with Gasteiger partial charge in [-0.3, -0.25) is 9.97 Å². The number of aromatic nitrogens is 4. The van der Waals surface area contributed by atoms with Crippen LogP contribution in [0.4, 0.5) is 4.79 Å². The van der Waals surface area contributed by atoms with Crippen LogP contribution in [-0.2, 0) is 6.42 Å². The number of aryl methyl sites for hydroxylation is 3. The fourth-order valence-corrected chi connectivity index (χ4v) is 5.90. The molecular formula is C27H22ClN5O4S. The summed E-state index contributed by atoms with van der Waals surface area (Å²) in [6, 6.07) is 9.20. The molecule has 0 bridgehead atoms. The van der Waals surface area contributed by atoms with Crippen LogP contribution in [0.2, 0.25) is 5.02 Å². The molecule has 2 aromatic carbocycles. The Hall–Kier alpha value is -4.02. The third-order valence-corrected chi connectivity index (χ3v) is 7.47. The van der Waals surface area contributed by atoms with Crippen LogP contribution in [-0.4, -0.2) is 38.7 Å². The topological polar surface area (TPSA) is 122 Å². The zero-order valence-corrected chi connectivity index (χ0v) is 22.3. The second-order valence-corrected chi connectivity index (χ2v) is 10.6. The van der Waals surface area contributed by atoms with Gasteiger partial charge in [-0.1, -0.05) is 11.6 Å². The van der Waals surface area contributed by atoms with Crippen LogP contribution in [0.1, 0.15) is 22.6 Å². The van der Waals surface area contributed by atoms with Gasteiger partial charge in [0.15, 0.2) is 17.2 Å². The van der Waals surface area contributed by atoms with Gasteiger partial charge in [-0.15, -0.1) is 11.3 Å². The number of primary amides is 1. The summed E-state index contributed by atoms with van der Waals surface area (Å²) >= 11 is 8.14. The maximum absolute atomic E-state index is 11.3. The molecule has 4 heterocycles. The lowest BCUT2D eigenvalue weighted by Crippen LogP contribution is -2.32. The maximum Gasteiger partial charge on any atom is 0.410 e. The third-order valence-electron chi connectivity index (χ3n) is 6.09. The first-order chi connectivity index (χ1) is 18.2. The maximum atomic E-state index is 11.3. The molecule has 1 aliphatic rings. The number of thiazole rings is 1. The molecule has 0 spiro atoms. The Bertz CT molecular complexity index is 1750. The molecule has 9 nitrogen and oxygen atoms in total. The summed E-state index contributed by atoms with van der Waals surface area (Å²) in [5.41, 5.74) is 11.6. The Balaban J connectivity index is 1.36. The molecule has 11 heteroatoms. The second-order valence-electron chi connectivity index (χ2n) is 9.15. The number of rotatable bonds is 4. The minimum absolute atomic E-state index is 0.265. The number of carbonyl (C=O) groups is 1. The van der Waals surface area contributed by atoms with Crippen molar-refractivity contribution in [2.45, 2.75) is 33.3 Å². The number of hydrogen-bond donors (Lipinski definition) is 1. The Labute approximate surface area is 226 Å². The molecular weight excluding hydrogens is 526 g/mol. The zero-order valence-electron chi connectivity index (χ0n) is 20.7. The highest BCUT2D eigenvalue weighted by Gasteiger charge is 2.28. The minimum Gasteiger partial charge on any atom is -0.484 e. The van der Waals surface area contributed by atoms with E-state index in [1.807, 2.05) is 26.8 Å².